The zero-order chi connectivity index (χ0) is 12.9. The number of benzene rings is 1. The number of azide groups is 1. The summed E-state index contributed by atoms with van der Waals surface area (Å²) in [5, 5.41) is 3.59. The van der Waals surface area contributed by atoms with Crippen LogP contribution in [0, 0.1) is 0 Å². The summed E-state index contributed by atoms with van der Waals surface area (Å²) in [7, 11) is 0. The Balaban J connectivity index is 3.22. The fourth-order valence-electron chi connectivity index (χ4n) is 1.56. The topological polar surface area (TPSA) is 75.1 Å². The van der Waals surface area contributed by atoms with Gasteiger partial charge in [0.25, 0.3) is 0 Å². The van der Waals surface area contributed by atoms with Gasteiger partial charge < -0.3 is 4.74 Å². The van der Waals surface area contributed by atoms with Crippen LogP contribution in [0.4, 0.5) is 5.69 Å². The lowest BCUT2D eigenvalue weighted by molar-refractivity contribution is -0.148. The van der Waals surface area contributed by atoms with Crippen LogP contribution in [0.2, 0.25) is 0 Å². The minimum atomic E-state index is -0.833. The van der Waals surface area contributed by atoms with Crippen molar-refractivity contribution in [1.29, 1.82) is 0 Å². The molecular formula is C12H15N3O2. The predicted molar refractivity (Wildman–Crippen MR) is 64.9 cm³/mol. The second-order valence-corrected chi connectivity index (χ2v) is 4.05. The van der Waals surface area contributed by atoms with Gasteiger partial charge >= 0.3 is 5.97 Å². The number of carbonyl (C=O) groups is 1. The van der Waals surface area contributed by atoms with Crippen LogP contribution in [0.15, 0.2) is 29.4 Å². The van der Waals surface area contributed by atoms with Crippen molar-refractivity contribution in [2.24, 2.45) is 5.11 Å². The zero-order valence-corrected chi connectivity index (χ0v) is 10.2. The summed E-state index contributed by atoms with van der Waals surface area (Å²) < 4.78 is 5.02. The normalized spacial score (nSPS) is 10.5. The molecule has 1 rings (SSSR count). The SMILES string of the molecule is CCOC(=O)C(C)(C)c1ccccc1N=[N+]=[N-]. The first-order chi connectivity index (χ1) is 8.04. The van der Waals surface area contributed by atoms with E-state index in [2.05, 4.69) is 10.0 Å². The monoisotopic (exact) mass is 233 g/mol. The van der Waals surface area contributed by atoms with Gasteiger partial charge in [-0.15, -0.1) is 0 Å². The summed E-state index contributed by atoms with van der Waals surface area (Å²) in [5.74, 6) is -0.333. The smallest absolute Gasteiger partial charge is 0.315 e. The fraction of sp³-hybridized carbons (Fsp3) is 0.417. The van der Waals surface area contributed by atoms with Gasteiger partial charge in [0.2, 0.25) is 0 Å². The lowest BCUT2D eigenvalue weighted by atomic mass is 9.83. The molecule has 0 bridgehead atoms. The first-order valence-corrected chi connectivity index (χ1v) is 5.35. The highest BCUT2D eigenvalue weighted by Gasteiger charge is 2.32. The van der Waals surface area contributed by atoms with Crippen molar-refractivity contribution in [3.63, 3.8) is 0 Å². The molecule has 0 aromatic heterocycles. The van der Waals surface area contributed by atoms with Gasteiger partial charge in [0.05, 0.1) is 12.0 Å². The third-order valence-electron chi connectivity index (χ3n) is 2.52. The second kappa shape index (κ2) is 5.37. The molecule has 0 radical (unpaired) electrons. The van der Waals surface area contributed by atoms with Crippen LogP contribution >= 0.6 is 0 Å². The van der Waals surface area contributed by atoms with E-state index < -0.39 is 5.41 Å². The summed E-state index contributed by atoms with van der Waals surface area (Å²) in [6.45, 7) is 5.58. The van der Waals surface area contributed by atoms with E-state index in [1.165, 1.54) is 0 Å². The largest absolute Gasteiger partial charge is 0.465 e. The van der Waals surface area contributed by atoms with Crippen LogP contribution in [0.25, 0.3) is 10.4 Å². The highest BCUT2D eigenvalue weighted by atomic mass is 16.5. The molecule has 0 atom stereocenters. The van der Waals surface area contributed by atoms with Crippen LogP contribution < -0.4 is 0 Å². The van der Waals surface area contributed by atoms with Crippen molar-refractivity contribution < 1.29 is 9.53 Å². The summed E-state index contributed by atoms with van der Waals surface area (Å²) in [5.41, 5.74) is 8.78. The maximum Gasteiger partial charge on any atom is 0.315 e. The lowest BCUT2D eigenvalue weighted by Gasteiger charge is -2.24. The third kappa shape index (κ3) is 2.77. The molecule has 0 spiro atoms. The van der Waals surface area contributed by atoms with E-state index in [0.29, 0.717) is 17.9 Å². The molecule has 17 heavy (non-hydrogen) atoms. The molecule has 0 fully saturated rings. The van der Waals surface area contributed by atoms with Gasteiger partial charge in [0, 0.05) is 10.6 Å². The van der Waals surface area contributed by atoms with Crippen molar-refractivity contribution >= 4 is 11.7 Å². The van der Waals surface area contributed by atoms with Gasteiger partial charge in [-0.25, -0.2) is 0 Å². The molecule has 0 N–H and O–H groups in total. The molecule has 0 amide bonds. The number of hydrogen-bond donors (Lipinski definition) is 0. The van der Waals surface area contributed by atoms with Crippen LogP contribution in [0.5, 0.6) is 0 Å². The average Bonchev–Trinajstić information content (AvgIpc) is 2.30. The van der Waals surface area contributed by atoms with E-state index in [4.69, 9.17) is 10.3 Å². The Kier molecular flexibility index (Phi) is 4.12. The van der Waals surface area contributed by atoms with E-state index in [9.17, 15) is 4.79 Å². The first-order valence-electron chi connectivity index (χ1n) is 5.35. The van der Waals surface area contributed by atoms with E-state index in [0.717, 1.165) is 0 Å². The minimum Gasteiger partial charge on any atom is -0.465 e. The molecule has 0 saturated heterocycles. The highest BCUT2D eigenvalue weighted by Crippen LogP contribution is 2.32. The summed E-state index contributed by atoms with van der Waals surface area (Å²) in [6, 6.07) is 7.00. The second-order valence-electron chi connectivity index (χ2n) is 4.05. The average molecular weight is 233 g/mol. The van der Waals surface area contributed by atoms with Gasteiger partial charge in [-0.2, -0.15) is 0 Å². The quantitative estimate of drug-likeness (QED) is 0.345. The van der Waals surface area contributed by atoms with E-state index >= 15 is 0 Å². The van der Waals surface area contributed by atoms with Crippen LogP contribution in [0.1, 0.15) is 26.3 Å². The number of ether oxygens (including phenoxy) is 1. The molecule has 90 valence electrons. The number of rotatable bonds is 4. The maximum atomic E-state index is 11.9. The standard InChI is InChI=1S/C12H15N3O2/c1-4-17-11(16)12(2,3)9-7-5-6-8-10(9)14-15-13/h5-8H,4H2,1-3H3. The molecule has 1 aromatic carbocycles. The summed E-state index contributed by atoms with van der Waals surface area (Å²) >= 11 is 0. The van der Waals surface area contributed by atoms with Crippen molar-refractivity contribution in [1.82, 2.24) is 0 Å². The Morgan fingerprint density at radius 3 is 2.71 bits per heavy atom. The van der Waals surface area contributed by atoms with Gasteiger partial charge in [-0.1, -0.05) is 29.4 Å². The number of carbonyl (C=O) groups excluding carboxylic acids is 1. The van der Waals surface area contributed by atoms with Gasteiger partial charge in [-0.05, 0) is 31.9 Å². The summed E-state index contributed by atoms with van der Waals surface area (Å²) in [6.07, 6.45) is 0. The number of nitrogens with zero attached hydrogens (tertiary/aromatic N) is 3. The third-order valence-corrected chi connectivity index (χ3v) is 2.52. The van der Waals surface area contributed by atoms with Gasteiger partial charge in [0.15, 0.2) is 0 Å². The molecule has 0 aliphatic carbocycles. The molecular weight excluding hydrogens is 218 g/mol. The maximum absolute atomic E-state index is 11.9. The molecule has 5 heteroatoms. The Morgan fingerprint density at radius 2 is 2.12 bits per heavy atom. The first kappa shape index (κ1) is 13.1. The Bertz CT molecular complexity index is 463. The van der Waals surface area contributed by atoms with Crippen LogP contribution in [-0.2, 0) is 14.9 Å². The molecule has 0 aliphatic rings. The number of esters is 1. The van der Waals surface area contributed by atoms with Crippen molar-refractivity contribution in [2.75, 3.05) is 6.61 Å². The molecule has 0 saturated carbocycles. The van der Waals surface area contributed by atoms with Gasteiger partial charge in [0.1, 0.15) is 0 Å². The minimum absolute atomic E-state index is 0.325. The Hall–Kier alpha value is -2.00. The number of hydrogen-bond acceptors (Lipinski definition) is 3. The van der Waals surface area contributed by atoms with Crippen LogP contribution in [-0.4, -0.2) is 12.6 Å². The fourth-order valence-corrected chi connectivity index (χ4v) is 1.56. The lowest BCUT2D eigenvalue weighted by Crippen LogP contribution is -2.31. The van der Waals surface area contributed by atoms with E-state index in [-0.39, 0.29) is 5.97 Å². The molecule has 5 nitrogen and oxygen atoms in total. The highest BCUT2D eigenvalue weighted by molar-refractivity contribution is 5.84. The van der Waals surface area contributed by atoms with Gasteiger partial charge in [-0.3, -0.25) is 4.79 Å². The van der Waals surface area contributed by atoms with Crippen molar-refractivity contribution in [3.05, 3.63) is 40.3 Å². The Labute approximate surface area is 100 Å². The zero-order valence-electron chi connectivity index (χ0n) is 10.2. The van der Waals surface area contributed by atoms with Crippen molar-refractivity contribution in [3.8, 4) is 0 Å². The van der Waals surface area contributed by atoms with E-state index in [1.54, 1.807) is 45.0 Å². The Morgan fingerprint density at radius 1 is 1.47 bits per heavy atom. The summed E-state index contributed by atoms with van der Waals surface area (Å²) in [4.78, 5) is 14.6. The molecule has 0 unspecified atom stereocenters. The molecule has 0 heterocycles. The predicted octanol–water partition coefficient (Wildman–Crippen LogP) is 3.47. The molecule has 1 aromatic rings. The van der Waals surface area contributed by atoms with Crippen molar-refractivity contribution in [2.45, 2.75) is 26.2 Å². The molecule has 0 aliphatic heterocycles. The van der Waals surface area contributed by atoms with Crippen LogP contribution in [0.3, 0.4) is 0 Å². The van der Waals surface area contributed by atoms with E-state index in [1.807, 2.05) is 0 Å².